The Kier molecular flexibility index (Phi) is 3.39. The summed E-state index contributed by atoms with van der Waals surface area (Å²) in [5.41, 5.74) is 0. The fourth-order valence-electron chi connectivity index (χ4n) is 1.34. The molecular weight excluding hydrogens is 184 g/mol. The molecule has 1 unspecified atom stereocenters. The third-order valence-corrected chi connectivity index (χ3v) is 2.06. The van der Waals surface area contributed by atoms with Gasteiger partial charge in [-0.25, -0.2) is 0 Å². The number of hydrogen-bond donors (Lipinski definition) is 0. The lowest BCUT2D eigenvalue weighted by Gasteiger charge is -2.13. The van der Waals surface area contributed by atoms with Crippen LogP contribution in [-0.4, -0.2) is 6.10 Å². The van der Waals surface area contributed by atoms with E-state index in [0.717, 1.165) is 5.75 Å². The molecule has 0 amide bonds. The average Bonchev–Trinajstić information content (AvgIpc) is 2.23. The zero-order valence-corrected chi connectivity index (χ0v) is 8.41. The summed E-state index contributed by atoms with van der Waals surface area (Å²) in [4.78, 5) is 0. The van der Waals surface area contributed by atoms with Crippen molar-refractivity contribution < 1.29 is 4.74 Å². The van der Waals surface area contributed by atoms with E-state index in [1.807, 2.05) is 73.2 Å². The second-order valence-corrected chi connectivity index (χ2v) is 3.24. The molecule has 0 bridgehead atoms. The minimum Gasteiger partial charge on any atom is -0.486 e. The molecule has 0 saturated heterocycles. The Labute approximate surface area is 90.4 Å². The van der Waals surface area contributed by atoms with Crippen LogP contribution in [0.1, 0.15) is 0 Å². The highest BCUT2D eigenvalue weighted by Crippen LogP contribution is 2.13. The second-order valence-electron chi connectivity index (χ2n) is 3.24. The summed E-state index contributed by atoms with van der Waals surface area (Å²) in [6, 6.07) is 9.84. The summed E-state index contributed by atoms with van der Waals surface area (Å²) in [7, 11) is 0. The maximum absolute atomic E-state index is 5.76. The number of rotatable bonds is 2. The van der Waals surface area contributed by atoms with E-state index in [0.29, 0.717) is 0 Å². The lowest BCUT2D eigenvalue weighted by atomic mass is 10.2. The van der Waals surface area contributed by atoms with E-state index in [1.54, 1.807) is 0 Å². The van der Waals surface area contributed by atoms with Crippen molar-refractivity contribution in [3.05, 3.63) is 73.2 Å². The molecule has 0 aliphatic heterocycles. The van der Waals surface area contributed by atoms with E-state index in [9.17, 15) is 0 Å². The number of ether oxygens (including phenoxy) is 1. The largest absolute Gasteiger partial charge is 0.486 e. The van der Waals surface area contributed by atoms with Crippen molar-refractivity contribution in [3.63, 3.8) is 0 Å². The lowest BCUT2D eigenvalue weighted by Crippen LogP contribution is -2.13. The molecule has 0 saturated carbocycles. The molecule has 1 nitrogen and oxygen atoms in total. The van der Waals surface area contributed by atoms with Crippen molar-refractivity contribution in [2.24, 2.45) is 0 Å². The Bertz CT molecular complexity index is 374. The van der Waals surface area contributed by atoms with Crippen LogP contribution in [0.4, 0.5) is 0 Å². The first kappa shape index (κ1) is 9.78. The van der Waals surface area contributed by atoms with Crippen molar-refractivity contribution >= 4 is 0 Å². The Morgan fingerprint density at radius 2 is 1.53 bits per heavy atom. The Morgan fingerprint density at radius 3 is 2.40 bits per heavy atom. The maximum Gasteiger partial charge on any atom is 0.124 e. The predicted octanol–water partition coefficient (Wildman–Crippen LogP) is 3.32. The van der Waals surface area contributed by atoms with E-state index in [1.165, 1.54) is 0 Å². The van der Waals surface area contributed by atoms with Gasteiger partial charge < -0.3 is 4.74 Å². The molecule has 75 valence electrons. The van der Waals surface area contributed by atoms with Gasteiger partial charge in [-0.3, -0.25) is 0 Å². The minimum atomic E-state index is 0.00796. The van der Waals surface area contributed by atoms with Crippen LogP contribution in [0.3, 0.4) is 0 Å². The van der Waals surface area contributed by atoms with Crippen LogP contribution >= 0.6 is 0 Å². The summed E-state index contributed by atoms with van der Waals surface area (Å²) in [6.07, 6.45) is 14.0. The van der Waals surface area contributed by atoms with Gasteiger partial charge in [0.15, 0.2) is 0 Å². The normalized spacial score (nSPS) is 23.9. The van der Waals surface area contributed by atoms with Gasteiger partial charge >= 0.3 is 0 Å². The van der Waals surface area contributed by atoms with E-state index in [-0.39, 0.29) is 6.10 Å². The Balaban J connectivity index is 2.03. The van der Waals surface area contributed by atoms with Crippen LogP contribution in [0.25, 0.3) is 0 Å². The first-order valence-electron chi connectivity index (χ1n) is 5.02. The van der Waals surface area contributed by atoms with Crippen LogP contribution in [0.5, 0.6) is 5.75 Å². The first-order chi connectivity index (χ1) is 7.45. The van der Waals surface area contributed by atoms with Gasteiger partial charge in [-0.1, -0.05) is 48.6 Å². The van der Waals surface area contributed by atoms with E-state index >= 15 is 0 Å². The quantitative estimate of drug-likeness (QED) is 0.706. The average molecular weight is 197 g/mol. The number of allylic oxidation sites excluding steroid dienone is 4. The molecule has 1 radical (unpaired) electrons. The number of para-hydroxylation sites is 1. The van der Waals surface area contributed by atoms with E-state index in [4.69, 9.17) is 4.74 Å². The van der Waals surface area contributed by atoms with Gasteiger partial charge in [0, 0.05) is 6.42 Å². The second kappa shape index (κ2) is 5.20. The lowest BCUT2D eigenvalue weighted by molar-refractivity contribution is 0.285. The molecule has 1 aromatic carbocycles. The van der Waals surface area contributed by atoms with Crippen molar-refractivity contribution in [3.8, 4) is 5.75 Å². The third kappa shape index (κ3) is 3.13. The minimum absolute atomic E-state index is 0.00796. The number of hydrogen-bond acceptors (Lipinski definition) is 1. The molecule has 1 aliphatic carbocycles. The fourth-order valence-corrected chi connectivity index (χ4v) is 1.34. The maximum atomic E-state index is 5.76. The van der Waals surface area contributed by atoms with E-state index in [2.05, 4.69) is 0 Å². The summed E-state index contributed by atoms with van der Waals surface area (Å²) in [6.45, 7) is 0. The summed E-state index contributed by atoms with van der Waals surface area (Å²) < 4.78 is 5.76. The van der Waals surface area contributed by atoms with Crippen LogP contribution in [0.15, 0.2) is 66.8 Å². The molecular formula is C14H13O. The predicted molar refractivity (Wildman–Crippen MR) is 62.6 cm³/mol. The number of benzene rings is 1. The van der Waals surface area contributed by atoms with Gasteiger partial charge in [0.2, 0.25) is 0 Å². The van der Waals surface area contributed by atoms with Gasteiger partial charge in [0.25, 0.3) is 0 Å². The topological polar surface area (TPSA) is 9.23 Å². The molecule has 0 N–H and O–H groups in total. The standard InChI is InChI=1S/C14H13O/c1-2-5-9-13(10-6-3-1)15-14-11-7-4-8-12-14/h1-13H/b2-1-,6-3?,9-5-. The molecule has 0 spiro atoms. The van der Waals surface area contributed by atoms with Gasteiger partial charge in [-0.2, -0.15) is 0 Å². The first-order valence-corrected chi connectivity index (χ1v) is 5.02. The molecule has 0 heterocycles. The van der Waals surface area contributed by atoms with Crippen LogP contribution in [-0.2, 0) is 0 Å². The van der Waals surface area contributed by atoms with Crippen molar-refractivity contribution in [2.45, 2.75) is 6.10 Å². The molecule has 0 fully saturated rings. The summed E-state index contributed by atoms with van der Waals surface area (Å²) in [5, 5.41) is 0. The molecule has 1 heteroatoms. The molecule has 1 aromatic rings. The zero-order chi connectivity index (χ0) is 10.3. The molecule has 2 rings (SSSR count). The van der Waals surface area contributed by atoms with Crippen LogP contribution in [0.2, 0.25) is 0 Å². The molecule has 15 heavy (non-hydrogen) atoms. The SMILES string of the molecule is [CH]1C=C/C=C\C=C/C1Oc1ccccc1. The van der Waals surface area contributed by atoms with Gasteiger partial charge in [0.1, 0.15) is 11.9 Å². The van der Waals surface area contributed by atoms with Crippen molar-refractivity contribution in [1.82, 2.24) is 0 Å². The molecule has 1 aliphatic rings. The van der Waals surface area contributed by atoms with Crippen LogP contribution in [0, 0.1) is 6.42 Å². The zero-order valence-electron chi connectivity index (χ0n) is 8.41. The highest BCUT2D eigenvalue weighted by molar-refractivity contribution is 5.26. The van der Waals surface area contributed by atoms with Crippen molar-refractivity contribution in [1.29, 1.82) is 0 Å². The smallest absolute Gasteiger partial charge is 0.124 e. The summed E-state index contributed by atoms with van der Waals surface area (Å²) in [5.74, 6) is 0.890. The highest BCUT2D eigenvalue weighted by atomic mass is 16.5. The molecule has 1 atom stereocenters. The monoisotopic (exact) mass is 197 g/mol. The third-order valence-electron chi connectivity index (χ3n) is 2.06. The van der Waals surface area contributed by atoms with Gasteiger partial charge in [-0.05, 0) is 18.2 Å². The highest BCUT2D eigenvalue weighted by Gasteiger charge is 2.04. The Hall–Kier alpha value is -1.76. The van der Waals surface area contributed by atoms with E-state index < -0.39 is 0 Å². The van der Waals surface area contributed by atoms with Gasteiger partial charge in [0.05, 0.1) is 0 Å². The van der Waals surface area contributed by atoms with Crippen molar-refractivity contribution in [2.75, 3.05) is 0 Å². The molecule has 0 aromatic heterocycles. The Morgan fingerprint density at radius 1 is 0.800 bits per heavy atom. The van der Waals surface area contributed by atoms with Gasteiger partial charge in [-0.15, -0.1) is 0 Å². The fraction of sp³-hybridized carbons (Fsp3) is 0.0714. The van der Waals surface area contributed by atoms with Crippen LogP contribution < -0.4 is 4.74 Å². The summed E-state index contributed by atoms with van der Waals surface area (Å²) >= 11 is 0.